The fourth-order valence-corrected chi connectivity index (χ4v) is 2.44. The fraction of sp³-hybridized carbons (Fsp3) is 0.294. The Morgan fingerprint density at radius 1 is 1.10 bits per heavy atom. The van der Waals surface area contributed by atoms with Crippen molar-refractivity contribution in [3.05, 3.63) is 52.5 Å². The molecule has 112 valence electrons. The van der Waals surface area contributed by atoms with Crippen molar-refractivity contribution in [2.45, 2.75) is 19.9 Å². The molecule has 0 saturated carbocycles. The van der Waals surface area contributed by atoms with Gasteiger partial charge in [-0.3, -0.25) is 0 Å². The molecule has 0 amide bonds. The molecule has 2 aromatic rings. The SMILES string of the molecule is CCOc1ccc(C(C)Nc2cc(OC)ccc2Br)cc1. The largest absolute Gasteiger partial charge is 0.497 e. The summed E-state index contributed by atoms with van der Waals surface area (Å²) in [5.74, 6) is 1.73. The first-order chi connectivity index (χ1) is 10.1. The summed E-state index contributed by atoms with van der Waals surface area (Å²) in [6, 6.07) is 14.2. The first kappa shape index (κ1) is 15.7. The van der Waals surface area contributed by atoms with Crippen LogP contribution in [0.2, 0.25) is 0 Å². The molecule has 0 spiro atoms. The number of hydrogen-bond donors (Lipinski definition) is 1. The lowest BCUT2D eigenvalue weighted by Crippen LogP contribution is -2.07. The van der Waals surface area contributed by atoms with E-state index in [1.165, 1.54) is 5.56 Å². The average Bonchev–Trinajstić information content (AvgIpc) is 2.50. The third-order valence-electron chi connectivity index (χ3n) is 3.24. The Morgan fingerprint density at radius 2 is 1.76 bits per heavy atom. The number of benzene rings is 2. The number of rotatable bonds is 6. The summed E-state index contributed by atoms with van der Waals surface area (Å²) in [4.78, 5) is 0. The Hall–Kier alpha value is -1.68. The van der Waals surface area contributed by atoms with E-state index >= 15 is 0 Å². The Balaban J connectivity index is 2.11. The van der Waals surface area contributed by atoms with E-state index in [9.17, 15) is 0 Å². The van der Waals surface area contributed by atoms with E-state index in [1.807, 2.05) is 37.3 Å². The minimum Gasteiger partial charge on any atom is -0.497 e. The summed E-state index contributed by atoms with van der Waals surface area (Å²) < 4.78 is 11.7. The van der Waals surface area contributed by atoms with E-state index in [1.54, 1.807) is 7.11 Å². The highest BCUT2D eigenvalue weighted by Crippen LogP contribution is 2.30. The summed E-state index contributed by atoms with van der Waals surface area (Å²) >= 11 is 3.55. The number of methoxy groups -OCH3 is 1. The zero-order chi connectivity index (χ0) is 15.2. The molecule has 0 radical (unpaired) electrons. The van der Waals surface area contributed by atoms with Gasteiger partial charge in [-0.2, -0.15) is 0 Å². The molecule has 0 aliphatic rings. The van der Waals surface area contributed by atoms with E-state index in [4.69, 9.17) is 9.47 Å². The molecule has 0 fully saturated rings. The van der Waals surface area contributed by atoms with Crippen LogP contribution in [0.3, 0.4) is 0 Å². The number of anilines is 1. The molecule has 0 saturated heterocycles. The van der Waals surface area contributed by atoms with E-state index in [0.717, 1.165) is 21.7 Å². The highest BCUT2D eigenvalue weighted by atomic mass is 79.9. The lowest BCUT2D eigenvalue weighted by Gasteiger charge is -2.18. The Morgan fingerprint density at radius 3 is 2.38 bits per heavy atom. The van der Waals surface area contributed by atoms with Crippen LogP contribution in [0.25, 0.3) is 0 Å². The molecule has 2 aromatic carbocycles. The van der Waals surface area contributed by atoms with Crippen molar-refractivity contribution in [1.82, 2.24) is 0 Å². The van der Waals surface area contributed by atoms with Crippen LogP contribution in [-0.2, 0) is 0 Å². The van der Waals surface area contributed by atoms with Crippen LogP contribution >= 0.6 is 15.9 Å². The van der Waals surface area contributed by atoms with Crippen molar-refractivity contribution < 1.29 is 9.47 Å². The van der Waals surface area contributed by atoms with Crippen molar-refractivity contribution in [3.63, 3.8) is 0 Å². The maximum atomic E-state index is 5.46. The zero-order valence-corrected chi connectivity index (χ0v) is 14.1. The predicted octanol–water partition coefficient (Wildman–Crippen LogP) is 5.03. The van der Waals surface area contributed by atoms with Gasteiger partial charge in [0.25, 0.3) is 0 Å². The molecule has 1 N–H and O–H groups in total. The number of halogens is 1. The smallest absolute Gasteiger partial charge is 0.121 e. The molecule has 21 heavy (non-hydrogen) atoms. The van der Waals surface area contributed by atoms with Crippen molar-refractivity contribution in [2.75, 3.05) is 19.0 Å². The topological polar surface area (TPSA) is 30.5 Å². The second kappa shape index (κ2) is 7.36. The molecule has 4 heteroatoms. The molecule has 3 nitrogen and oxygen atoms in total. The first-order valence-electron chi connectivity index (χ1n) is 6.97. The van der Waals surface area contributed by atoms with Gasteiger partial charge < -0.3 is 14.8 Å². The lowest BCUT2D eigenvalue weighted by atomic mass is 10.1. The van der Waals surface area contributed by atoms with Gasteiger partial charge in [-0.25, -0.2) is 0 Å². The van der Waals surface area contributed by atoms with Gasteiger partial charge in [0.2, 0.25) is 0 Å². The van der Waals surface area contributed by atoms with E-state index in [0.29, 0.717) is 6.61 Å². The molecule has 0 heterocycles. The Bertz CT molecular complexity index is 584. The monoisotopic (exact) mass is 349 g/mol. The highest BCUT2D eigenvalue weighted by Gasteiger charge is 2.09. The lowest BCUT2D eigenvalue weighted by molar-refractivity contribution is 0.340. The van der Waals surface area contributed by atoms with Gasteiger partial charge in [0.15, 0.2) is 0 Å². The van der Waals surface area contributed by atoms with Crippen LogP contribution in [0.15, 0.2) is 46.9 Å². The standard InChI is InChI=1S/C17H20BrNO2/c1-4-21-14-7-5-13(6-8-14)12(2)19-17-11-15(20-3)9-10-16(17)18/h5-12,19H,4H2,1-3H3. The third-order valence-corrected chi connectivity index (χ3v) is 3.93. The zero-order valence-electron chi connectivity index (χ0n) is 12.5. The molecule has 1 atom stereocenters. The molecule has 0 aromatic heterocycles. The third kappa shape index (κ3) is 4.14. The summed E-state index contributed by atoms with van der Waals surface area (Å²) in [5.41, 5.74) is 2.21. The first-order valence-corrected chi connectivity index (χ1v) is 7.76. The van der Waals surface area contributed by atoms with Crippen LogP contribution in [0.1, 0.15) is 25.5 Å². The van der Waals surface area contributed by atoms with Gasteiger partial charge in [-0.05, 0) is 59.6 Å². The maximum absolute atomic E-state index is 5.46. The molecule has 0 aliphatic heterocycles. The summed E-state index contributed by atoms with van der Waals surface area (Å²) in [6.45, 7) is 4.80. The van der Waals surface area contributed by atoms with Crippen LogP contribution in [0, 0.1) is 0 Å². The quantitative estimate of drug-likeness (QED) is 0.793. The number of ether oxygens (including phenoxy) is 2. The fourth-order valence-electron chi connectivity index (χ4n) is 2.08. The minimum absolute atomic E-state index is 0.184. The number of hydrogen-bond acceptors (Lipinski definition) is 3. The van der Waals surface area contributed by atoms with Gasteiger partial charge in [-0.1, -0.05) is 12.1 Å². The molecular formula is C17H20BrNO2. The molecule has 2 rings (SSSR count). The van der Waals surface area contributed by atoms with Gasteiger partial charge in [0.1, 0.15) is 11.5 Å². The van der Waals surface area contributed by atoms with Crippen LogP contribution in [0.4, 0.5) is 5.69 Å². The van der Waals surface area contributed by atoms with Gasteiger partial charge in [0, 0.05) is 16.6 Å². The summed E-state index contributed by atoms with van der Waals surface area (Å²) in [6.07, 6.45) is 0. The predicted molar refractivity (Wildman–Crippen MR) is 90.3 cm³/mol. The molecular weight excluding hydrogens is 330 g/mol. The van der Waals surface area contributed by atoms with Crippen LogP contribution in [0.5, 0.6) is 11.5 Å². The molecule has 1 unspecified atom stereocenters. The van der Waals surface area contributed by atoms with Crippen molar-refractivity contribution >= 4 is 21.6 Å². The summed E-state index contributed by atoms with van der Waals surface area (Å²) in [5, 5.41) is 3.48. The van der Waals surface area contributed by atoms with Gasteiger partial charge in [-0.15, -0.1) is 0 Å². The normalized spacial score (nSPS) is 11.8. The Labute approximate surface area is 134 Å². The second-order valence-corrected chi connectivity index (χ2v) is 5.57. The maximum Gasteiger partial charge on any atom is 0.121 e. The van der Waals surface area contributed by atoms with E-state index < -0.39 is 0 Å². The van der Waals surface area contributed by atoms with Crippen LogP contribution < -0.4 is 14.8 Å². The van der Waals surface area contributed by atoms with Crippen LogP contribution in [-0.4, -0.2) is 13.7 Å². The average molecular weight is 350 g/mol. The molecule has 0 bridgehead atoms. The van der Waals surface area contributed by atoms with E-state index in [-0.39, 0.29) is 6.04 Å². The van der Waals surface area contributed by atoms with E-state index in [2.05, 4.69) is 40.3 Å². The van der Waals surface area contributed by atoms with Crippen molar-refractivity contribution in [3.8, 4) is 11.5 Å². The van der Waals surface area contributed by atoms with Crippen molar-refractivity contribution in [1.29, 1.82) is 0 Å². The second-order valence-electron chi connectivity index (χ2n) is 4.71. The van der Waals surface area contributed by atoms with Crippen molar-refractivity contribution in [2.24, 2.45) is 0 Å². The molecule has 0 aliphatic carbocycles. The highest BCUT2D eigenvalue weighted by molar-refractivity contribution is 9.10. The van der Waals surface area contributed by atoms with Gasteiger partial charge in [0.05, 0.1) is 19.4 Å². The minimum atomic E-state index is 0.184. The number of nitrogens with one attached hydrogen (secondary N) is 1. The Kier molecular flexibility index (Phi) is 5.51. The summed E-state index contributed by atoms with van der Waals surface area (Å²) in [7, 11) is 1.67. The van der Waals surface area contributed by atoms with Gasteiger partial charge >= 0.3 is 0 Å².